The number of rotatable bonds is 6. The zero-order chi connectivity index (χ0) is 20.1. The first kappa shape index (κ1) is 21.1. The van der Waals surface area contributed by atoms with Crippen LogP contribution in [0, 0.1) is 0 Å². The Morgan fingerprint density at radius 2 is 2.22 bits per heavy atom. The van der Waals surface area contributed by atoms with E-state index >= 15 is 0 Å². The predicted octanol–water partition coefficient (Wildman–Crippen LogP) is 0.0454. The largest absolute Gasteiger partial charge is 0.460 e. The number of aromatic amines is 1. The minimum absolute atomic E-state index is 0.0606. The van der Waals surface area contributed by atoms with Gasteiger partial charge in [0.15, 0.2) is 6.10 Å². The van der Waals surface area contributed by atoms with Crippen molar-refractivity contribution in [2.75, 3.05) is 6.61 Å². The van der Waals surface area contributed by atoms with Crippen molar-refractivity contribution in [1.82, 2.24) is 9.55 Å². The van der Waals surface area contributed by atoms with Gasteiger partial charge < -0.3 is 19.3 Å². The summed E-state index contributed by atoms with van der Waals surface area (Å²) in [6.45, 7) is 2.24. The Morgan fingerprint density at radius 1 is 1.52 bits per heavy atom. The second-order valence-electron chi connectivity index (χ2n) is 5.86. The van der Waals surface area contributed by atoms with E-state index in [2.05, 4.69) is 20.9 Å². The Bertz CT molecular complexity index is 846. The van der Waals surface area contributed by atoms with Gasteiger partial charge in [0, 0.05) is 19.5 Å². The predicted molar refractivity (Wildman–Crippen MR) is 96.0 cm³/mol. The number of halogens is 1. The fraction of sp³-hybridized carbons (Fsp3) is 0.500. The van der Waals surface area contributed by atoms with E-state index in [-0.39, 0.29) is 18.6 Å². The van der Waals surface area contributed by atoms with Crippen LogP contribution < -0.4 is 11.2 Å². The van der Waals surface area contributed by atoms with Crippen LogP contribution in [0.15, 0.2) is 20.8 Å². The lowest BCUT2D eigenvalue weighted by Crippen LogP contribution is -2.34. The number of carbonyl (C=O) groups excluding carboxylic acids is 2. The molecule has 1 aliphatic heterocycles. The van der Waals surface area contributed by atoms with Crippen molar-refractivity contribution in [3.8, 4) is 0 Å². The number of H-pyrrole nitrogens is 1. The van der Waals surface area contributed by atoms with Gasteiger partial charge in [-0.25, -0.2) is 9.59 Å². The fourth-order valence-electron chi connectivity index (χ4n) is 2.52. The maximum absolute atomic E-state index is 12.0. The Balaban J connectivity index is 2.05. The number of aliphatic hydroxyl groups is 1. The van der Waals surface area contributed by atoms with E-state index in [4.69, 9.17) is 14.2 Å². The van der Waals surface area contributed by atoms with Crippen LogP contribution in [0.4, 0.5) is 0 Å². The van der Waals surface area contributed by atoms with Gasteiger partial charge in [0.1, 0.15) is 18.9 Å². The maximum Gasteiger partial charge on any atom is 0.347 e. The van der Waals surface area contributed by atoms with Gasteiger partial charge in [-0.15, -0.1) is 0 Å². The van der Waals surface area contributed by atoms with Crippen molar-refractivity contribution in [3.05, 3.63) is 37.6 Å². The molecule has 0 aliphatic carbocycles. The first-order valence-electron chi connectivity index (χ1n) is 8.02. The molecule has 11 heteroatoms. The summed E-state index contributed by atoms with van der Waals surface area (Å²) in [4.78, 5) is 50.0. The van der Waals surface area contributed by atoms with Crippen LogP contribution in [0.5, 0.6) is 0 Å². The molecule has 0 spiro atoms. The number of aromatic nitrogens is 2. The van der Waals surface area contributed by atoms with Gasteiger partial charge in [-0.05, 0) is 18.0 Å². The van der Waals surface area contributed by atoms with Crippen molar-refractivity contribution < 1.29 is 28.9 Å². The Hall–Kier alpha value is -2.24. The Morgan fingerprint density at radius 3 is 2.85 bits per heavy atom. The highest BCUT2D eigenvalue weighted by Crippen LogP contribution is 2.28. The van der Waals surface area contributed by atoms with Crippen LogP contribution in [0.2, 0.25) is 0 Å². The third-order valence-corrected chi connectivity index (χ3v) is 4.08. The van der Waals surface area contributed by atoms with Gasteiger partial charge in [0.25, 0.3) is 5.56 Å². The molecule has 4 atom stereocenters. The van der Waals surface area contributed by atoms with Gasteiger partial charge in [-0.3, -0.25) is 19.1 Å². The lowest BCUT2D eigenvalue weighted by atomic mass is 10.2. The topological polar surface area (TPSA) is 137 Å². The second-order valence-corrected chi connectivity index (χ2v) is 6.39. The van der Waals surface area contributed by atoms with Gasteiger partial charge in [0.05, 0.1) is 11.7 Å². The Labute approximate surface area is 161 Å². The van der Waals surface area contributed by atoms with Crippen LogP contribution in [0.3, 0.4) is 0 Å². The molecule has 0 amide bonds. The fourth-order valence-corrected chi connectivity index (χ4v) is 2.80. The molecule has 1 saturated heterocycles. The third-order valence-electron chi connectivity index (χ3n) is 3.82. The highest BCUT2D eigenvalue weighted by atomic mass is 79.9. The monoisotopic (exact) mass is 446 g/mol. The van der Waals surface area contributed by atoms with E-state index in [0.717, 1.165) is 4.57 Å². The summed E-state index contributed by atoms with van der Waals surface area (Å²) >= 11 is 3.05. The summed E-state index contributed by atoms with van der Waals surface area (Å²) in [5.41, 5.74) is -1.03. The zero-order valence-electron chi connectivity index (χ0n) is 14.6. The highest BCUT2D eigenvalue weighted by Gasteiger charge is 2.37. The van der Waals surface area contributed by atoms with Gasteiger partial charge >= 0.3 is 17.6 Å². The molecule has 0 saturated carbocycles. The quantitative estimate of drug-likeness (QED) is 0.584. The lowest BCUT2D eigenvalue weighted by Gasteiger charge is -2.17. The Kier molecular flexibility index (Phi) is 7.11. The van der Waals surface area contributed by atoms with E-state index in [0.29, 0.717) is 0 Å². The number of aliphatic hydroxyl groups excluding tert-OH is 1. The molecular weight excluding hydrogens is 428 g/mol. The molecule has 2 heterocycles. The van der Waals surface area contributed by atoms with Crippen LogP contribution >= 0.6 is 15.9 Å². The normalized spacial score (nSPS) is 23.3. The molecule has 1 fully saturated rings. The number of nitrogens with zero attached hydrogens (tertiary/aromatic N) is 1. The van der Waals surface area contributed by atoms with Crippen molar-refractivity contribution in [1.29, 1.82) is 0 Å². The number of hydrogen-bond donors (Lipinski definition) is 2. The van der Waals surface area contributed by atoms with Gasteiger partial charge in [0.2, 0.25) is 0 Å². The number of hydrogen-bond acceptors (Lipinski definition) is 8. The van der Waals surface area contributed by atoms with Crippen molar-refractivity contribution in [2.45, 2.75) is 44.8 Å². The SMILES string of the molecule is CC(=O)OC(C)C(=O)OC[C@@H]1O[C@H](n2cc(/C=C/Br)c(=O)[nH]c2=O)CC1O. The molecule has 1 aliphatic rings. The van der Waals surface area contributed by atoms with E-state index in [1.807, 2.05) is 0 Å². The summed E-state index contributed by atoms with van der Waals surface area (Å²) in [6, 6.07) is 0. The molecule has 1 aromatic rings. The summed E-state index contributed by atoms with van der Waals surface area (Å²) in [7, 11) is 0. The molecule has 10 nitrogen and oxygen atoms in total. The molecule has 0 aromatic carbocycles. The van der Waals surface area contributed by atoms with Crippen molar-refractivity contribution in [2.24, 2.45) is 0 Å². The first-order valence-corrected chi connectivity index (χ1v) is 8.94. The summed E-state index contributed by atoms with van der Waals surface area (Å²) in [6.07, 6.45) is -0.981. The van der Waals surface area contributed by atoms with E-state index in [1.54, 1.807) is 0 Å². The highest BCUT2D eigenvalue weighted by molar-refractivity contribution is 9.11. The molecule has 0 radical (unpaired) electrons. The van der Waals surface area contributed by atoms with Crippen LogP contribution in [0.25, 0.3) is 6.08 Å². The molecule has 27 heavy (non-hydrogen) atoms. The standard InChI is InChI=1S/C16H19BrN2O8/c1-8(26-9(2)20)15(23)25-7-12-11(21)5-13(27-12)19-6-10(3-4-17)14(22)18-16(19)24/h3-4,6,8,11-13,21H,5,7H2,1-2H3,(H,18,22,24)/b4-3+/t8?,11?,12-,13-/m0/s1. The third kappa shape index (κ3) is 5.37. The minimum Gasteiger partial charge on any atom is -0.460 e. The van der Waals surface area contributed by atoms with E-state index < -0.39 is 47.7 Å². The zero-order valence-corrected chi connectivity index (χ0v) is 16.2. The van der Waals surface area contributed by atoms with Crippen molar-refractivity contribution in [3.63, 3.8) is 0 Å². The second kappa shape index (κ2) is 9.11. The van der Waals surface area contributed by atoms with Gasteiger partial charge in [-0.2, -0.15) is 0 Å². The van der Waals surface area contributed by atoms with Crippen LogP contribution in [-0.2, 0) is 23.8 Å². The molecule has 2 unspecified atom stereocenters. The molecule has 0 bridgehead atoms. The van der Waals surface area contributed by atoms with Crippen LogP contribution in [0.1, 0.15) is 32.1 Å². The number of nitrogens with one attached hydrogen (secondary N) is 1. The number of esters is 2. The average molecular weight is 447 g/mol. The smallest absolute Gasteiger partial charge is 0.347 e. The average Bonchev–Trinajstić information content (AvgIpc) is 2.95. The molecule has 1 aromatic heterocycles. The summed E-state index contributed by atoms with van der Waals surface area (Å²) in [5.74, 6) is -1.40. The summed E-state index contributed by atoms with van der Waals surface area (Å²) < 4.78 is 16.4. The van der Waals surface area contributed by atoms with Crippen LogP contribution in [-0.4, -0.2) is 51.5 Å². The van der Waals surface area contributed by atoms with Crippen molar-refractivity contribution >= 4 is 33.9 Å². The lowest BCUT2D eigenvalue weighted by molar-refractivity contribution is -0.169. The number of carbonyl (C=O) groups is 2. The number of ether oxygens (including phenoxy) is 3. The molecular formula is C16H19BrN2O8. The molecule has 2 N–H and O–H groups in total. The summed E-state index contributed by atoms with van der Waals surface area (Å²) in [5, 5.41) is 10.1. The van der Waals surface area contributed by atoms with Gasteiger partial charge in [-0.1, -0.05) is 15.9 Å². The van der Waals surface area contributed by atoms with E-state index in [1.165, 1.54) is 31.1 Å². The molecule has 2 rings (SSSR count). The van der Waals surface area contributed by atoms with E-state index in [9.17, 15) is 24.3 Å². The minimum atomic E-state index is -1.09. The first-order chi connectivity index (χ1) is 12.7. The maximum atomic E-state index is 12.0. The molecule has 148 valence electrons.